The summed E-state index contributed by atoms with van der Waals surface area (Å²) in [7, 11) is 0. The molecule has 1 aromatic carbocycles. The molecular formula is C13H16. The summed E-state index contributed by atoms with van der Waals surface area (Å²) in [4.78, 5) is 0. The van der Waals surface area contributed by atoms with Crippen LogP contribution in [0.1, 0.15) is 42.4 Å². The zero-order valence-electron chi connectivity index (χ0n) is 8.38. The molecule has 2 rings (SSSR count). The first-order valence-electron chi connectivity index (χ1n) is 4.98. The maximum absolute atomic E-state index is 3.85. The lowest BCUT2D eigenvalue weighted by Crippen LogP contribution is -2.17. The van der Waals surface area contributed by atoms with Crippen LogP contribution in [0.5, 0.6) is 0 Å². The van der Waals surface area contributed by atoms with Crippen LogP contribution in [0.4, 0.5) is 0 Å². The van der Waals surface area contributed by atoms with Crippen molar-refractivity contribution in [3.63, 3.8) is 0 Å². The molecule has 0 heterocycles. The van der Waals surface area contributed by atoms with E-state index in [2.05, 4.69) is 38.6 Å². The molecule has 0 saturated heterocycles. The van der Waals surface area contributed by atoms with Gasteiger partial charge in [0.2, 0.25) is 0 Å². The molecule has 0 spiro atoms. The fraction of sp³-hybridized carbons (Fsp3) is 0.385. The van der Waals surface area contributed by atoms with Crippen LogP contribution in [0.25, 0.3) is 0 Å². The van der Waals surface area contributed by atoms with Crippen molar-refractivity contribution in [1.82, 2.24) is 0 Å². The van der Waals surface area contributed by atoms with Gasteiger partial charge in [0.1, 0.15) is 0 Å². The molecule has 0 radical (unpaired) electrons. The second-order valence-corrected chi connectivity index (χ2v) is 4.04. The van der Waals surface area contributed by atoms with E-state index >= 15 is 0 Å². The number of allylic oxidation sites excluding steroid dienone is 1. The van der Waals surface area contributed by atoms with Crippen molar-refractivity contribution in [3.05, 3.63) is 47.5 Å². The van der Waals surface area contributed by atoms with Gasteiger partial charge >= 0.3 is 0 Å². The molecule has 0 nitrogen and oxygen atoms in total. The molecule has 0 saturated carbocycles. The quantitative estimate of drug-likeness (QED) is 0.597. The summed E-state index contributed by atoms with van der Waals surface area (Å²) < 4.78 is 0. The molecule has 0 bridgehead atoms. The number of hydrogen-bond acceptors (Lipinski definition) is 0. The van der Waals surface area contributed by atoms with E-state index in [4.69, 9.17) is 0 Å². The lowest BCUT2D eigenvalue weighted by Gasteiger charge is -2.30. The standard InChI is InChI=1S/C13H16/c1-4-9(2)11-6-5-7-12-10(3)8-13(11)12/h4-7,9-10H,1,8H2,2-3H3. The number of fused-ring (bicyclic) bond motifs is 1. The first-order valence-corrected chi connectivity index (χ1v) is 4.98. The zero-order chi connectivity index (χ0) is 9.42. The maximum atomic E-state index is 3.85. The monoisotopic (exact) mass is 172 g/mol. The molecule has 0 aromatic heterocycles. The van der Waals surface area contributed by atoms with Gasteiger partial charge in [0.25, 0.3) is 0 Å². The van der Waals surface area contributed by atoms with Gasteiger partial charge in [-0.2, -0.15) is 0 Å². The predicted molar refractivity (Wildman–Crippen MR) is 57.2 cm³/mol. The molecule has 1 aromatic rings. The van der Waals surface area contributed by atoms with Crippen molar-refractivity contribution in [3.8, 4) is 0 Å². The van der Waals surface area contributed by atoms with Crippen molar-refractivity contribution >= 4 is 0 Å². The minimum Gasteiger partial charge on any atom is -0.102 e. The largest absolute Gasteiger partial charge is 0.102 e. The van der Waals surface area contributed by atoms with Crippen LogP contribution in [-0.2, 0) is 6.42 Å². The minimum absolute atomic E-state index is 0.502. The first-order chi connectivity index (χ1) is 6.24. The molecule has 0 heteroatoms. The summed E-state index contributed by atoms with van der Waals surface area (Å²) in [5.74, 6) is 1.27. The second-order valence-electron chi connectivity index (χ2n) is 4.04. The number of hydrogen-bond donors (Lipinski definition) is 0. The summed E-state index contributed by atoms with van der Waals surface area (Å²) in [6.45, 7) is 8.36. The Balaban J connectivity index is 2.43. The van der Waals surface area contributed by atoms with Gasteiger partial charge < -0.3 is 0 Å². The van der Waals surface area contributed by atoms with Crippen molar-refractivity contribution in [2.24, 2.45) is 0 Å². The predicted octanol–water partition coefficient (Wildman–Crippen LogP) is 3.64. The van der Waals surface area contributed by atoms with Gasteiger partial charge in [-0.3, -0.25) is 0 Å². The van der Waals surface area contributed by atoms with Gasteiger partial charge in [-0.15, -0.1) is 6.58 Å². The third-order valence-corrected chi connectivity index (χ3v) is 3.13. The van der Waals surface area contributed by atoms with E-state index in [1.54, 1.807) is 11.1 Å². The topological polar surface area (TPSA) is 0 Å². The lowest BCUT2D eigenvalue weighted by atomic mass is 9.74. The summed E-state index contributed by atoms with van der Waals surface area (Å²) in [6.07, 6.45) is 3.28. The first kappa shape index (κ1) is 8.55. The highest BCUT2D eigenvalue weighted by molar-refractivity contribution is 5.47. The molecule has 2 atom stereocenters. The zero-order valence-corrected chi connectivity index (χ0v) is 8.38. The van der Waals surface area contributed by atoms with E-state index < -0.39 is 0 Å². The van der Waals surface area contributed by atoms with Crippen LogP contribution in [0.3, 0.4) is 0 Å². The molecule has 1 aliphatic rings. The average Bonchev–Trinajstić information content (AvgIpc) is 2.15. The minimum atomic E-state index is 0.502. The highest BCUT2D eigenvalue weighted by Crippen LogP contribution is 2.39. The summed E-state index contributed by atoms with van der Waals surface area (Å²) in [5, 5.41) is 0. The molecule has 0 amide bonds. The van der Waals surface area contributed by atoms with Crippen LogP contribution >= 0.6 is 0 Å². The molecule has 0 fully saturated rings. The van der Waals surface area contributed by atoms with Gasteiger partial charge in [-0.25, -0.2) is 0 Å². The van der Waals surface area contributed by atoms with Crippen LogP contribution in [0.2, 0.25) is 0 Å². The van der Waals surface area contributed by atoms with Gasteiger partial charge in [-0.1, -0.05) is 38.1 Å². The highest BCUT2D eigenvalue weighted by Gasteiger charge is 2.25. The summed E-state index contributed by atoms with van der Waals surface area (Å²) >= 11 is 0. The highest BCUT2D eigenvalue weighted by atomic mass is 14.3. The van der Waals surface area contributed by atoms with Gasteiger partial charge in [0, 0.05) is 0 Å². The number of rotatable bonds is 2. The Hall–Kier alpha value is -1.04. The van der Waals surface area contributed by atoms with Crippen LogP contribution in [-0.4, -0.2) is 0 Å². The third-order valence-electron chi connectivity index (χ3n) is 3.13. The van der Waals surface area contributed by atoms with Crippen molar-refractivity contribution in [2.75, 3.05) is 0 Å². The Morgan fingerprint density at radius 2 is 2.31 bits per heavy atom. The third kappa shape index (κ3) is 1.21. The fourth-order valence-corrected chi connectivity index (χ4v) is 2.16. The van der Waals surface area contributed by atoms with Crippen molar-refractivity contribution in [2.45, 2.75) is 32.1 Å². The van der Waals surface area contributed by atoms with Gasteiger partial charge in [0.05, 0.1) is 0 Å². The molecule has 1 aliphatic carbocycles. The Labute approximate surface area is 80.3 Å². The lowest BCUT2D eigenvalue weighted by molar-refractivity contribution is 0.652. The van der Waals surface area contributed by atoms with E-state index in [0.29, 0.717) is 5.92 Å². The van der Waals surface area contributed by atoms with Crippen LogP contribution in [0.15, 0.2) is 30.9 Å². The summed E-state index contributed by atoms with van der Waals surface area (Å²) in [5.41, 5.74) is 4.60. The Bertz CT molecular complexity index is 336. The summed E-state index contributed by atoms with van der Waals surface area (Å²) in [6, 6.07) is 6.66. The Kier molecular flexibility index (Phi) is 1.99. The van der Waals surface area contributed by atoms with E-state index in [9.17, 15) is 0 Å². The number of benzene rings is 1. The van der Waals surface area contributed by atoms with Crippen molar-refractivity contribution < 1.29 is 0 Å². The normalized spacial score (nSPS) is 21.5. The average molecular weight is 172 g/mol. The Morgan fingerprint density at radius 1 is 1.54 bits per heavy atom. The molecular weight excluding hydrogens is 156 g/mol. The Morgan fingerprint density at radius 3 is 2.92 bits per heavy atom. The van der Waals surface area contributed by atoms with E-state index in [1.165, 1.54) is 12.0 Å². The molecule has 68 valence electrons. The van der Waals surface area contributed by atoms with E-state index in [1.807, 2.05) is 6.08 Å². The van der Waals surface area contributed by atoms with Crippen LogP contribution < -0.4 is 0 Å². The fourth-order valence-electron chi connectivity index (χ4n) is 2.16. The second kappa shape index (κ2) is 3.02. The van der Waals surface area contributed by atoms with Crippen molar-refractivity contribution in [1.29, 1.82) is 0 Å². The smallest absolute Gasteiger partial charge is 0.00103 e. The maximum Gasteiger partial charge on any atom is -0.00103 e. The molecule has 13 heavy (non-hydrogen) atoms. The van der Waals surface area contributed by atoms with E-state index in [-0.39, 0.29) is 0 Å². The van der Waals surface area contributed by atoms with E-state index in [0.717, 1.165) is 5.92 Å². The van der Waals surface area contributed by atoms with Gasteiger partial charge in [-0.05, 0) is 34.9 Å². The SMILES string of the molecule is C=CC(C)c1cccc2c1CC2C. The van der Waals surface area contributed by atoms with Gasteiger partial charge in [0.15, 0.2) is 0 Å². The molecule has 0 N–H and O–H groups in total. The van der Waals surface area contributed by atoms with Crippen LogP contribution in [0, 0.1) is 0 Å². The molecule has 0 aliphatic heterocycles. The molecule has 2 unspecified atom stereocenters.